The fourth-order valence-corrected chi connectivity index (χ4v) is 3.77. The summed E-state index contributed by atoms with van der Waals surface area (Å²) in [5, 5.41) is 12.7. The van der Waals surface area contributed by atoms with Crippen LogP contribution in [-0.2, 0) is 23.1 Å². The number of anilines is 2. The van der Waals surface area contributed by atoms with Gasteiger partial charge in [-0.3, -0.25) is 9.48 Å². The van der Waals surface area contributed by atoms with E-state index in [4.69, 9.17) is 4.74 Å². The normalized spacial score (nSPS) is 19.4. The van der Waals surface area contributed by atoms with Gasteiger partial charge in [0.05, 0.1) is 30.1 Å². The van der Waals surface area contributed by atoms with Gasteiger partial charge in [-0.2, -0.15) is 15.2 Å². The molecule has 0 radical (unpaired) electrons. The monoisotopic (exact) mass is 406 g/mol. The maximum Gasteiger partial charge on any atom is 0.252 e. The van der Waals surface area contributed by atoms with Crippen molar-refractivity contribution in [3.63, 3.8) is 0 Å². The molecule has 1 N–H and O–H groups in total. The largest absolute Gasteiger partial charge is 0.370 e. The summed E-state index contributed by atoms with van der Waals surface area (Å²) in [4.78, 5) is 23.0. The summed E-state index contributed by atoms with van der Waals surface area (Å²) < 4.78 is 8.85. The lowest BCUT2D eigenvalue weighted by Gasteiger charge is -2.31. The number of amides is 1. The second-order valence-electron chi connectivity index (χ2n) is 7.43. The van der Waals surface area contributed by atoms with Gasteiger partial charge in [-0.05, 0) is 12.5 Å². The zero-order valence-electron chi connectivity index (χ0n) is 16.6. The van der Waals surface area contributed by atoms with Gasteiger partial charge in [0.15, 0.2) is 5.65 Å². The van der Waals surface area contributed by atoms with Gasteiger partial charge in [-0.15, -0.1) is 0 Å². The van der Waals surface area contributed by atoms with Gasteiger partial charge in [0, 0.05) is 44.1 Å². The maximum absolute atomic E-state index is 12.2. The number of aryl methyl sites for hydroxylation is 1. The molecule has 4 heterocycles. The van der Waals surface area contributed by atoms with E-state index in [0.29, 0.717) is 25.6 Å². The van der Waals surface area contributed by atoms with Gasteiger partial charge in [-0.25, -0.2) is 9.67 Å². The van der Waals surface area contributed by atoms with Crippen molar-refractivity contribution in [2.24, 2.45) is 13.0 Å². The summed E-state index contributed by atoms with van der Waals surface area (Å²) >= 11 is 0. The Morgan fingerprint density at radius 1 is 1.27 bits per heavy atom. The Kier molecular flexibility index (Phi) is 4.75. The first-order chi connectivity index (χ1) is 14.7. The van der Waals surface area contributed by atoms with Crippen LogP contribution in [0.15, 0.2) is 48.7 Å². The lowest BCUT2D eigenvalue weighted by molar-refractivity contribution is -0.140. The minimum Gasteiger partial charge on any atom is -0.370 e. The van der Waals surface area contributed by atoms with Crippen LogP contribution in [0.2, 0.25) is 0 Å². The molecule has 1 saturated heterocycles. The Bertz CT molecular complexity index is 1140. The van der Waals surface area contributed by atoms with Crippen LogP contribution in [0, 0.1) is 5.92 Å². The first kappa shape index (κ1) is 18.5. The maximum atomic E-state index is 12.2. The molecular weight excluding hydrogens is 384 g/mol. The van der Waals surface area contributed by atoms with E-state index in [1.165, 1.54) is 0 Å². The predicted molar refractivity (Wildman–Crippen MR) is 110 cm³/mol. The number of allylic oxidation sites excluding steroid dienone is 4. The zero-order valence-corrected chi connectivity index (χ0v) is 16.6. The fourth-order valence-electron chi connectivity index (χ4n) is 3.77. The van der Waals surface area contributed by atoms with Crippen molar-refractivity contribution in [2.75, 3.05) is 25.1 Å². The Labute approximate surface area is 172 Å². The van der Waals surface area contributed by atoms with Crippen molar-refractivity contribution in [3.05, 3.63) is 48.7 Å². The molecule has 30 heavy (non-hydrogen) atoms. The average molecular weight is 406 g/mol. The zero-order chi connectivity index (χ0) is 20.5. The molecule has 0 bridgehead atoms. The molecule has 0 spiro atoms. The highest BCUT2D eigenvalue weighted by molar-refractivity contribution is 5.80. The van der Waals surface area contributed by atoms with Crippen molar-refractivity contribution in [2.45, 2.75) is 13.0 Å². The van der Waals surface area contributed by atoms with E-state index in [2.05, 4.69) is 31.6 Å². The number of hydrogen-bond acceptors (Lipinski definition) is 7. The minimum atomic E-state index is 0.0185. The number of carbonyl (C=O) groups is 1. The van der Waals surface area contributed by atoms with Crippen molar-refractivity contribution < 1.29 is 9.53 Å². The quantitative estimate of drug-likeness (QED) is 0.687. The predicted octanol–water partition coefficient (Wildman–Crippen LogP) is 1.62. The van der Waals surface area contributed by atoms with Crippen LogP contribution in [0.25, 0.3) is 11.0 Å². The Hall–Kier alpha value is -3.53. The van der Waals surface area contributed by atoms with Crippen LogP contribution in [0.1, 0.15) is 6.42 Å². The second-order valence-corrected chi connectivity index (χ2v) is 7.43. The number of rotatable bonds is 5. The molecule has 1 atom stereocenters. The van der Waals surface area contributed by atoms with Crippen molar-refractivity contribution in [1.82, 2.24) is 34.4 Å². The highest BCUT2D eigenvalue weighted by Crippen LogP contribution is 2.25. The number of ether oxygens (including phenoxy) is 1. The van der Waals surface area contributed by atoms with E-state index < -0.39 is 0 Å². The fraction of sp³-hybridized carbons (Fsp3) is 0.350. The number of fused-ring (bicyclic) bond motifs is 1. The van der Waals surface area contributed by atoms with Crippen LogP contribution in [0.5, 0.6) is 0 Å². The number of nitrogens with one attached hydrogen (secondary N) is 1. The molecule has 0 saturated carbocycles. The number of nitrogens with zero attached hydrogens (tertiary/aromatic N) is 7. The first-order valence-corrected chi connectivity index (χ1v) is 9.85. The Balaban J connectivity index is 1.32. The SMILES string of the molecule is Cn1cc(Nc2ncc3cnn(CC4C=CC=C(N5CCOCC5=O)C4)c3n2)cn1. The second kappa shape index (κ2) is 7.71. The first-order valence-electron chi connectivity index (χ1n) is 9.85. The van der Waals surface area contributed by atoms with Gasteiger partial charge in [-0.1, -0.05) is 12.2 Å². The van der Waals surface area contributed by atoms with Crippen molar-refractivity contribution in [1.29, 1.82) is 0 Å². The molecule has 3 aromatic heterocycles. The van der Waals surface area contributed by atoms with Gasteiger partial charge >= 0.3 is 0 Å². The van der Waals surface area contributed by atoms with Gasteiger partial charge in [0.25, 0.3) is 5.91 Å². The smallest absolute Gasteiger partial charge is 0.252 e. The molecule has 5 rings (SSSR count). The van der Waals surface area contributed by atoms with E-state index in [0.717, 1.165) is 28.8 Å². The van der Waals surface area contributed by atoms with E-state index in [-0.39, 0.29) is 18.4 Å². The average Bonchev–Trinajstić information content (AvgIpc) is 3.34. The number of aromatic nitrogens is 6. The molecule has 1 aliphatic carbocycles. The third-order valence-electron chi connectivity index (χ3n) is 5.22. The molecule has 1 fully saturated rings. The molecule has 1 aliphatic heterocycles. The van der Waals surface area contributed by atoms with Crippen LogP contribution < -0.4 is 5.32 Å². The molecule has 2 aliphatic rings. The van der Waals surface area contributed by atoms with Gasteiger partial charge in [0.1, 0.15) is 6.61 Å². The van der Waals surface area contributed by atoms with Crippen molar-refractivity contribution in [3.8, 4) is 0 Å². The topological polar surface area (TPSA) is 103 Å². The number of carbonyl (C=O) groups excluding carboxylic acids is 1. The highest BCUT2D eigenvalue weighted by Gasteiger charge is 2.25. The summed E-state index contributed by atoms with van der Waals surface area (Å²) in [5.41, 5.74) is 2.62. The summed E-state index contributed by atoms with van der Waals surface area (Å²) in [7, 11) is 1.86. The lowest BCUT2D eigenvalue weighted by Crippen LogP contribution is -2.41. The van der Waals surface area contributed by atoms with E-state index in [1.54, 1.807) is 23.3 Å². The third-order valence-corrected chi connectivity index (χ3v) is 5.22. The Morgan fingerprint density at radius 3 is 3.03 bits per heavy atom. The van der Waals surface area contributed by atoms with Crippen LogP contribution >= 0.6 is 0 Å². The molecule has 10 heteroatoms. The van der Waals surface area contributed by atoms with E-state index in [1.807, 2.05) is 35.0 Å². The lowest BCUT2D eigenvalue weighted by atomic mass is 9.97. The standard InChI is InChI=1S/C20H22N8O2/c1-26-12-16(10-22-26)24-20-21-8-15-9-23-28(19(15)25-20)11-14-3-2-4-17(7-14)27-5-6-30-13-18(27)29/h2-4,8-10,12,14H,5-7,11,13H2,1H3,(H,21,24,25). The molecule has 1 unspecified atom stereocenters. The van der Waals surface area contributed by atoms with Gasteiger partial charge in [0.2, 0.25) is 5.95 Å². The molecule has 0 aromatic carbocycles. The third kappa shape index (κ3) is 3.69. The van der Waals surface area contributed by atoms with E-state index in [9.17, 15) is 4.79 Å². The molecule has 10 nitrogen and oxygen atoms in total. The van der Waals surface area contributed by atoms with E-state index >= 15 is 0 Å². The van der Waals surface area contributed by atoms with Crippen LogP contribution in [0.3, 0.4) is 0 Å². The van der Waals surface area contributed by atoms with Crippen LogP contribution in [-0.4, -0.2) is 60.1 Å². The number of morpholine rings is 1. The van der Waals surface area contributed by atoms with Gasteiger partial charge < -0.3 is 15.0 Å². The van der Waals surface area contributed by atoms with Crippen molar-refractivity contribution >= 4 is 28.6 Å². The summed E-state index contributed by atoms with van der Waals surface area (Å²) in [5.74, 6) is 0.731. The molecule has 154 valence electrons. The minimum absolute atomic E-state index is 0.0185. The highest BCUT2D eigenvalue weighted by atomic mass is 16.5. The Morgan fingerprint density at radius 2 is 2.20 bits per heavy atom. The summed E-state index contributed by atoms with van der Waals surface area (Å²) in [6.45, 7) is 2.00. The summed E-state index contributed by atoms with van der Waals surface area (Å²) in [6, 6.07) is 0. The van der Waals surface area contributed by atoms with Crippen LogP contribution in [0.4, 0.5) is 11.6 Å². The molecule has 3 aromatic rings. The number of hydrogen-bond donors (Lipinski definition) is 1. The molecule has 1 amide bonds. The molecular formula is C20H22N8O2. The summed E-state index contributed by atoms with van der Waals surface area (Å²) in [6.07, 6.45) is 14.1.